The predicted molar refractivity (Wildman–Crippen MR) is 167 cm³/mol. The monoisotopic (exact) mass is 594 g/mol. The van der Waals surface area contributed by atoms with E-state index in [1.807, 2.05) is 60.7 Å². The molecule has 0 aliphatic carbocycles. The van der Waals surface area contributed by atoms with Crippen LogP contribution in [0, 0.1) is 5.92 Å². The molecule has 0 fully saturated rings. The van der Waals surface area contributed by atoms with E-state index in [0.29, 0.717) is 6.42 Å². The lowest BCUT2D eigenvalue weighted by atomic mass is 9.92. The number of aliphatic carboxylic acids is 1. The lowest BCUT2D eigenvalue weighted by molar-refractivity contribution is -0.150. The molecule has 0 amide bonds. The number of cyclic esters (lactones) is 1. The minimum Gasteiger partial charge on any atom is -0.485 e. The van der Waals surface area contributed by atoms with Crippen LogP contribution >= 0.6 is 0 Å². The van der Waals surface area contributed by atoms with Crippen molar-refractivity contribution in [1.82, 2.24) is 0 Å². The first-order chi connectivity index (χ1) is 21.0. The molecule has 0 saturated heterocycles. The van der Waals surface area contributed by atoms with Gasteiger partial charge in [-0.05, 0) is 24.0 Å². The van der Waals surface area contributed by atoms with E-state index in [9.17, 15) is 19.8 Å². The quantitative estimate of drug-likeness (QED) is 0.0990. The topological polar surface area (TPSA) is 102 Å². The van der Waals surface area contributed by atoms with Crippen LogP contribution < -0.4 is 0 Å². The molecule has 0 radical (unpaired) electrons. The third-order valence-corrected chi connectivity index (χ3v) is 8.00. The summed E-state index contributed by atoms with van der Waals surface area (Å²) < 4.78 is 17.4. The van der Waals surface area contributed by atoms with Crippen LogP contribution in [0.4, 0.5) is 0 Å². The molecule has 1 heterocycles. The molecule has 1 aliphatic heterocycles. The molecule has 43 heavy (non-hydrogen) atoms. The van der Waals surface area contributed by atoms with E-state index in [2.05, 4.69) is 6.92 Å². The van der Waals surface area contributed by atoms with E-state index in [1.54, 1.807) is 0 Å². The molecule has 3 atom stereocenters. The number of carboxylic acid groups (broad SMARTS) is 1. The summed E-state index contributed by atoms with van der Waals surface area (Å²) in [6.07, 6.45) is 12.5. The minimum atomic E-state index is -1.24. The van der Waals surface area contributed by atoms with Crippen LogP contribution in [0.15, 0.2) is 72.2 Å². The Bertz CT molecular complexity index is 1100. The zero-order chi connectivity index (χ0) is 30.7. The van der Waals surface area contributed by atoms with Crippen molar-refractivity contribution < 1.29 is 34.0 Å². The lowest BCUT2D eigenvalue weighted by Gasteiger charge is -2.23. The summed E-state index contributed by atoms with van der Waals surface area (Å²) in [5, 5.41) is 21.0. The van der Waals surface area contributed by atoms with Crippen molar-refractivity contribution >= 4 is 11.9 Å². The second-order valence-corrected chi connectivity index (χ2v) is 11.6. The fraction of sp³-hybridized carbons (Fsp3) is 0.556. The van der Waals surface area contributed by atoms with Gasteiger partial charge < -0.3 is 24.4 Å². The number of ether oxygens (including phenoxy) is 3. The van der Waals surface area contributed by atoms with Crippen LogP contribution in [0.3, 0.4) is 0 Å². The SMILES string of the molecule is CCCCCCCCCCCCCCC(C[C@H](O)[C@H]1OC(=O)C(OCc2ccccc2)=C1OCc1ccccc1)C(=O)O. The molecule has 0 spiro atoms. The normalized spacial score (nSPS) is 16.1. The van der Waals surface area contributed by atoms with Gasteiger partial charge in [-0.2, -0.15) is 0 Å². The van der Waals surface area contributed by atoms with Crippen molar-refractivity contribution in [3.8, 4) is 0 Å². The highest BCUT2D eigenvalue weighted by Crippen LogP contribution is 2.32. The van der Waals surface area contributed by atoms with Crippen LogP contribution in [-0.2, 0) is 37.0 Å². The fourth-order valence-electron chi connectivity index (χ4n) is 5.44. The molecule has 2 aromatic rings. The number of unbranched alkanes of at least 4 members (excludes halogenated alkanes) is 11. The number of aliphatic hydroxyl groups is 1. The molecule has 0 aromatic heterocycles. The number of esters is 1. The Morgan fingerprint density at radius 2 is 1.26 bits per heavy atom. The highest BCUT2D eigenvalue weighted by molar-refractivity contribution is 5.89. The molecule has 0 saturated carbocycles. The molecule has 7 nitrogen and oxygen atoms in total. The van der Waals surface area contributed by atoms with Crippen molar-refractivity contribution in [2.24, 2.45) is 5.92 Å². The number of carbonyl (C=O) groups excluding carboxylic acids is 1. The van der Waals surface area contributed by atoms with E-state index in [1.165, 1.54) is 57.8 Å². The highest BCUT2D eigenvalue weighted by Gasteiger charge is 2.43. The maximum atomic E-state index is 12.8. The second-order valence-electron chi connectivity index (χ2n) is 11.6. The van der Waals surface area contributed by atoms with Gasteiger partial charge in [0.05, 0.1) is 12.0 Å². The fourth-order valence-corrected chi connectivity index (χ4v) is 5.44. The molecule has 2 N–H and O–H groups in total. The van der Waals surface area contributed by atoms with Gasteiger partial charge in [0, 0.05) is 0 Å². The Labute approximate surface area is 257 Å². The van der Waals surface area contributed by atoms with E-state index in [0.717, 1.165) is 30.4 Å². The van der Waals surface area contributed by atoms with E-state index in [4.69, 9.17) is 14.2 Å². The Hall–Kier alpha value is -3.32. The van der Waals surface area contributed by atoms with Crippen LogP contribution in [-0.4, -0.2) is 34.4 Å². The van der Waals surface area contributed by atoms with Crippen LogP contribution in [0.2, 0.25) is 0 Å². The predicted octanol–water partition coefficient (Wildman–Crippen LogP) is 8.10. The molecular weight excluding hydrogens is 544 g/mol. The summed E-state index contributed by atoms with van der Waals surface area (Å²) >= 11 is 0. The van der Waals surface area contributed by atoms with Gasteiger partial charge in [-0.1, -0.05) is 145 Å². The van der Waals surface area contributed by atoms with Crippen molar-refractivity contribution in [3.63, 3.8) is 0 Å². The number of hydrogen-bond donors (Lipinski definition) is 2. The first-order valence-electron chi connectivity index (χ1n) is 16.2. The Morgan fingerprint density at radius 3 is 1.77 bits per heavy atom. The number of carbonyl (C=O) groups is 2. The summed E-state index contributed by atoms with van der Waals surface area (Å²) in [6.45, 7) is 2.51. The van der Waals surface area contributed by atoms with Crippen molar-refractivity contribution in [3.05, 3.63) is 83.3 Å². The Kier molecular flexibility index (Phi) is 15.7. The summed E-state index contributed by atoms with van der Waals surface area (Å²) in [7, 11) is 0. The average Bonchev–Trinajstić information content (AvgIpc) is 3.34. The standard InChI is InChI=1S/C36H50O7/c1-2-3-4-5-6-7-8-9-10-11-12-19-24-30(35(38)39)25-31(37)32-33(41-26-28-20-15-13-16-21-28)34(36(40)43-32)42-27-29-22-17-14-18-23-29/h13-18,20-23,30-32,37H,2-12,19,24-27H2,1H3,(H,38,39)/t30?,31-,32+/m0/s1. The molecule has 3 rings (SSSR count). The number of carboxylic acids is 1. The molecule has 1 aliphatic rings. The van der Waals surface area contributed by atoms with Gasteiger partial charge in [0.1, 0.15) is 13.2 Å². The summed E-state index contributed by atoms with van der Waals surface area (Å²) in [6, 6.07) is 18.9. The lowest BCUT2D eigenvalue weighted by Crippen LogP contribution is -2.33. The van der Waals surface area contributed by atoms with Gasteiger partial charge in [0.15, 0.2) is 11.9 Å². The number of hydrogen-bond acceptors (Lipinski definition) is 6. The highest BCUT2D eigenvalue weighted by atomic mass is 16.6. The summed E-state index contributed by atoms with van der Waals surface area (Å²) in [5.41, 5.74) is 1.74. The summed E-state index contributed by atoms with van der Waals surface area (Å²) in [4.78, 5) is 24.9. The van der Waals surface area contributed by atoms with Crippen molar-refractivity contribution in [2.45, 2.75) is 122 Å². The third-order valence-electron chi connectivity index (χ3n) is 8.00. The molecule has 0 bridgehead atoms. The van der Waals surface area contributed by atoms with Crippen LogP contribution in [0.25, 0.3) is 0 Å². The van der Waals surface area contributed by atoms with Crippen LogP contribution in [0.5, 0.6) is 0 Å². The van der Waals surface area contributed by atoms with Gasteiger partial charge in [-0.3, -0.25) is 4.79 Å². The number of aliphatic hydroxyl groups excluding tert-OH is 1. The zero-order valence-corrected chi connectivity index (χ0v) is 25.8. The first-order valence-corrected chi connectivity index (χ1v) is 16.2. The van der Waals surface area contributed by atoms with Gasteiger partial charge >= 0.3 is 11.9 Å². The van der Waals surface area contributed by atoms with Crippen LogP contribution in [0.1, 0.15) is 108 Å². The maximum Gasteiger partial charge on any atom is 0.378 e. The van der Waals surface area contributed by atoms with E-state index < -0.39 is 30.1 Å². The first kappa shape index (κ1) is 34.2. The second kappa shape index (κ2) is 19.8. The van der Waals surface area contributed by atoms with Crippen molar-refractivity contribution in [1.29, 1.82) is 0 Å². The largest absolute Gasteiger partial charge is 0.485 e. The smallest absolute Gasteiger partial charge is 0.378 e. The van der Waals surface area contributed by atoms with E-state index in [-0.39, 0.29) is 31.2 Å². The van der Waals surface area contributed by atoms with Gasteiger partial charge in [0.25, 0.3) is 0 Å². The molecule has 7 heteroatoms. The van der Waals surface area contributed by atoms with Gasteiger partial charge in [-0.25, -0.2) is 4.79 Å². The van der Waals surface area contributed by atoms with Gasteiger partial charge in [-0.15, -0.1) is 0 Å². The Morgan fingerprint density at radius 1 is 0.767 bits per heavy atom. The molecule has 1 unspecified atom stereocenters. The number of rotatable bonds is 23. The van der Waals surface area contributed by atoms with Crippen molar-refractivity contribution in [2.75, 3.05) is 0 Å². The van der Waals surface area contributed by atoms with Gasteiger partial charge in [0.2, 0.25) is 5.76 Å². The molecular formula is C36H50O7. The zero-order valence-electron chi connectivity index (χ0n) is 25.8. The minimum absolute atomic E-state index is 0.0462. The maximum absolute atomic E-state index is 12.8. The molecule has 236 valence electrons. The van der Waals surface area contributed by atoms with E-state index >= 15 is 0 Å². The summed E-state index contributed by atoms with van der Waals surface area (Å²) in [5.74, 6) is -2.41. The number of benzene rings is 2. The molecule has 2 aromatic carbocycles. The Balaban J connectivity index is 1.51. The third kappa shape index (κ3) is 12.4. The average molecular weight is 595 g/mol.